The summed E-state index contributed by atoms with van der Waals surface area (Å²) in [5.41, 5.74) is 2.50. The van der Waals surface area contributed by atoms with Crippen LogP contribution in [-0.4, -0.2) is 36.9 Å². The summed E-state index contributed by atoms with van der Waals surface area (Å²) in [5.74, 6) is -0.127. The van der Waals surface area contributed by atoms with Gasteiger partial charge in [0.25, 0.3) is 0 Å². The van der Waals surface area contributed by atoms with Crippen molar-refractivity contribution >= 4 is 17.5 Å². The van der Waals surface area contributed by atoms with Gasteiger partial charge in [-0.3, -0.25) is 4.79 Å². The fourth-order valence-electron chi connectivity index (χ4n) is 1.69. The lowest BCUT2D eigenvalue weighted by atomic mass is 10.1. The Morgan fingerprint density at radius 2 is 2.16 bits per heavy atom. The monoisotopic (exact) mass is 281 g/mol. The zero-order valence-electron chi connectivity index (χ0n) is 11.4. The number of alkyl halides is 1. The fraction of sp³-hybridized carbons (Fsp3) is 0.400. The van der Waals surface area contributed by atoms with Crippen LogP contribution in [0.25, 0.3) is 0 Å². The summed E-state index contributed by atoms with van der Waals surface area (Å²) >= 11 is 5.58. The van der Waals surface area contributed by atoms with E-state index in [0.29, 0.717) is 13.2 Å². The molecule has 0 N–H and O–H groups in total. The van der Waals surface area contributed by atoms with Crippen LogP contribution in [0.5, 0.6) is 0 Å². The molecule has 0 bridgehead atoms. The third kappa shape index (κ3) is 5.45. The molecule has 0 fully saturated rings. The van der Waals surface area contributed by atoms with Gasteiger partial charge in [-0.1, -0.05) is 30.3 Å². The first-order valence-electron chi connectivity index (χ1n) is 6.24. The number of carbonyl (C=O) groups is 1. The zero-order chi connectivity index (χ0) is 14.1. The molecule has 19 heavy (non-hydrogen) atoms. The predicted octanol–water partition coefficient (Wildman–Crippen LogP) is 2.77. The van der Waals surface area contributed by atoms with Gasteiger partial charge in [-0.15, -0.1) is 11.6 Å². The minimum Gasteiger partial charge on any atom is -0.383 e. The highest BCUT2D eigenvalue weighted by Gasteiger charge is 2.08. The summed E-state index contributed by atoms with van der Waals surface area (Å²) in [7, 11) is 1.61. The Hall–Kier alpha value is -1.32. The molecule has 104 valence electrons. The third-order valence-corrected chi connectivity index (χ3v) is 3.08. The Kier molecular flexibility index (Phi) is 7.23. The van der Waals surface area contributed by atoms with Gasteiger partial charge in [0.15, 0.2) is 0 Å². The molecule has 0 aromatic heterocycles. The van der Waals surface area contributed by atoms with E-state index in [0.717, 1.165) is 6.42 Å². The smallest absolute Gasteiger partial charge is 0.241 e. The van der Waals surface area contributed by atoms with Crippen LogP contribution < -0.4 is 0 Å². The lowest BCUT2D eigenvalue weighted by molar-refractivity contribution is -0.126. The molecule has 0 saturated carbocycles. The number of ether oxygens (including phenoxy) is 1. The summed E-state index contributed by atoms with van der Waals surface area (Å²) in [6, 6.07) is 8.20. The van der Waals surface area contributed by atoms with Crippen LogP contribution in [0.3, 0.4) is 0 Å². The van der Waals surface area contributed by atoms with Crippen molar-refractivity contribution in [3.8, 4) is 0 Å². The minimum atomic E-state index is -0.111. The molecule has 0 atom stereocenters. The molecular formula is C15H20ClNO2. The van der Waals surface area contributed by atoms with Crippen LogP contribution in [0.4, 0.5) is 0 Å². The molecule has 1 amide bonds. The van der Waals surface area contributed by atoms with Crippen LogP contribution in [-0.2, 0) is 16.0 Å². The molecule has 1 aromatic carbocycles. The number of methoxy groups -OCH3 is 1. The Morgan fingerprint density at radius 3 is 2.79 bits per heavy atom. The van der Waals surface area contributed by atoms with Crippen LogP contribution in [0.1, 0.15) is 11.1 Å². The van der Waals surface area contributed by atoms with E-state index < -0.39 is 0 Å². The molecule has 0 radical (unpaired) electrons. The van der Waals surface area contributed by atoms with Crippen LogP contribution in [0.2, 0.25) is 0 Å². The van der Waals surface area contributed by atoms with Gasteiger partial charge in [-0.2, -0.15) is 0 Å². The van der Waals surface area contributed by atoms with E-state index >= 15 is 0 Å². The summed E-state index contributed by atoms with van der Waals surface area (Å²) < 4.78 is 4.98. The molecule has 0 saturated heterocycles. The van der Waals surface area contributed by atoms with Crippen LogP contribution >= 0.6 is 11.6 Å². The molecule has 1 aromatic rings. The second-order valence-electron chi connectivity index (χ2n) is 4.23. The van der Waals surface area contributed by atoms with Gasteiger partial charge in [0.1, 0.15) is 5.88 Å². The molecule has 0 aliphatic carbocycles. The number of carbonyl (C=O) groups excluding carboxylic acids is 1. The minimum absolute atomic E-state index is 0.0155. The third-order valence-electron chi connectivity index (χ3n) is 2.86. The number of benzene rings is 1. The second kappa shape index (κ2) is 8.73. The van der Waals surface area contributed by atoms with E-state index in [1.807, 2.05) is 18.2 Å². The van der Waals surface area contributed by atoms with Gasteiger partial charge >= 0.3 is 0 Å². The molecular weight excluding hydrogens is 262 g/mol. The molecule has 0 unspecified atom stereocenters. The number of aryl methyl sites for hydroxylation is 1. The van der Waals surface area contributed by atoms with Crippen LogP contribution in [0.15, 0.2) is 36.5 Å². The molecule has 4 heteroatoms. The van der Waals surface area contributed by atoms with Gasteiger partial charge in [0.05, 0.1) is 6.61 Å². The number of allylic oxidation sites excluding steroid dienone is 1. The number of rotatable bonds is 7. The average Bonchev–Trinajstić information content (AvgIpc) is 2.43. The van der Waals surface area contributed by atoms with E-state index in [1.165, 1.54) is 11.1 Å². The van der Waals surface area contributed by atoms with Gasteiger partial charge in [-0.05, 0) is 24.5 Å². The first kappa shape index (κ1) is 15.7. The normalized spacial score (nSPS) is 10.9. The van der Waals surface area contributed by atoms with Crippen molar-refractivity contribution in [1.82, 2.24) is 4.90 Å². The Bertz CT molecular complexity index is 432. The van der Waals surface area contributed by atoms with E-state index in [1.54, 1.807) is 18.2 Å². The fourth-order valence-corrected chi connectivity index (χ4v) is 1.85. The van der Waals surface area contributed by atoms with Crippen molar-refractivity contribution in [2.24, 2.45) is 0 Å². The quantitative estimate of drug-likeness (QED) is 0.719. The number of nitrogens with zero attached hydrogens (tertiary/aromatic N) is 1. The van der Waals surface area contributed by atoms with E-state index in [4.69, 9.17) is 16.3 Å². The Morgan fingerprint density at radius 1 is 1.42 bits per heavy atom. The first-order valence-corrected chi connectivity index (χ1v) is 6.78. The number of amides is 1. The molecule has 0 aliphatic rings. The highest BCUT2D eigenvalue weighted by molar-refractivity contribution is 6.27. The van der Waals surface area contributed by atoms with Crippen molar-refractivity contribution in [1.29, 1.82) is 0 Å². The average molecular weight is 282 g/mol. The second-order valence-corrected chi connectivity index (χ2v) is 4.50. The van der Waals surface area contributed by atoms with Crippen molar-refractivity contribution in [3.05, 3.63) is 47.7 Å². The summed E-state index contributed by atoms with van der Waals surface area (Å²) in [6.07, 6.45) is 4.56. The van der Waals surface area contributed by atoms with Crippen molar-refractivity contribution in [2.75, 3.05) is 26.1 Å². The molecule has 0 spiro atoms. The summed E-state index contributed by atoms with van der Waals surface area (Å²) in [6.45, 7) is 3.10. The molecule has 0 aliphatic heterocycles. The largest absolute Gasteiger partial charge is 0.383 e. The molecule has 0 heterocycles. The maximum atomic E-state index is 11.6. The van der Waals surface area contributed by atoms with E-state index in [-0.39, 0.29) is 11.8 Å². The number of halogens is 1. The zero-order valence-corrected chi connectivity index (χ0v) is 12.2. The number of hydrogen-bond donors (Lipinski definition) is 0. The molecule has 3 nitrogen and oxygen atoms in total. The van der Waals surface area contributed by atoms with Crippen molar-refractivity contribution in [2.45, 2.75) is 13.3 Å². The maximum Gasteiger partial charge on any atom is 0.241 e. The lowest BCUT2D eigenvalue weighted by Crippen LogP contribution is -2.30. The standard InChI is InChI=1S/C15H20ClNO2/c1-13-6-3-4-7-14(13)8-5-9-17(10-11-19-2)15(18)12-16/h3-7,9H,8,10-12H2,1-2H3. The van der Waals surface area contributed by atoms with Crippen molar-refractivity contribution in [3.63, 3.8) is 0 Å². The summed E-state index contributed by atoms with van der Waals surface area (Å²) in [4.78, 5) is 13.2. The highest BCUT2D eigenvalue weighted by atomic mass is 35.5. The Labute approximate surface area is 119 Å². The first-order chi connectivity index (χ1) is 9.19. The van der Waals surface area contributed by atoms with Gasteiger partial charge in [-0.25, -0.2) is 0 Å². The van der Waals surface area contributed by atoms with Gasteiger partial charge < -0.3 is 9.64 Å². The SMILES string of the molecule is COCCN(C=CCc1ccccc1C)C(=O)CCl. The van der Waals surface area contributed by atoms with Crippen molar-refractivity contribution < 1.29 is 9.53 Å². The Balaban J connectivity index is 2.60. The predicted molar refractivity (Wildman–Crippen MR) is 78.3 cm³/mol. The molecule has 1 rings (SSSR count). The topological polar surface area (TPSA) is 29.5 Å². The van der Waals surface area contributed by atoms with E-state index in [9.17, 15) is 4.79 Å². The number of hydrogen-bond acceptors (Lipinski definition) is 2. The highest BCUT2D eigenvalue weighted by Crippen LogP contribution is 2.08. The lowest BCUT2D eigenvalue weighted by Gasteiger charge is -2.16. The van der Waals surface area contributed by atoms with Crippen LogP contribution in [0, 0.1) is 6.92 Å². The van der Waals surface area contributed by atoms with Gasteiger partial charge in [0.2, 0.25) is 5.91 Å². The van der Waals surface area contributed by atoms with Gasteiger partial charge in [0, 0.05) is 19.9 Å². The maximum absolute atomic E-state index is 11.6. The van der Waals surface area contributed by atoms with E-state index in [2.05, 4.69) is 19.1 Å². The summed E-state index contributed by atoms with van der Waals surface area (Å²) in [5, 5.41) is 0.